The van der Waals surface area contributed by atoms with Crippen LogP contribution in [0.15, 0.2) is 67.0 Å². The van der Waals surface area contributed by atoms with Crippen molar-refractivity contribution < 1.29 is 24.4 Å². The lowest BCUT2D eigenvalue weighted by atomic mass is 9.91. The number of nitrogens with one attached hydrogen (secondary N) is 2. The van der Waals surface area contributed by atoms with Crippen LogP contribution in [0.3, 0.4) is 0 Å². The zero-order chi connectivity index (χ0) is 30.5. The molecule has 2 aromatic carbocycles. The van der Waals surface area contributed by atoms with Crippen molar-refractivity contribution in [1.29, 1.82) is 0 Å². The number of hydrogen-bond acceptors (Lipinski definition) is 10. The van der Waals surface area contributed by atoms with Crippen molar-refractivity contribution in [3.63, 3.8) is 0 Å². The standard InChI is InChI=1S/C33H42N6O5/c1-42-19-26-29(40)30(41)33(44-26)39-20-36-28-31(35-17-25(21-9-5-3-6-10-21)22-11-7-4-8-12-22)37-27(38-32(28)39)18-34-23-13-15-24(43-2)16-14-23/h3-12,20,23-26,29-30,33-34,40-41H,13-19H2,1-2H3,(H,35,37,38)/t23?,24?,26?,29-,30-,33?/m1/s1. The Morgan fingerprint density at radius 3 is 2.25 bits per heavy atom. The molecule has 0 bridgehead atoms. The molecule has 44 heavy (non-hydrogen) atoms. The molecular formula is C33H42N6O5. The minimum atomic E-state index is -1.17. The summed E-state index contributed by atoms with van der Waals surface area (Å²) in [5.41, 5.74) is 3.47. The van der Waals surface area contributed by atoms with E-state index in [1.807, 2.05) is 12.1 Å². The van der Waals surface area contributed by atoms with Gasteiger partial charge in [0.1, 0.15) is 24.1 Å². The highest BCUT2D eigenvalue weighted by molar-refractivity contribution is 5.83. The minimum absolute atomic E-state index is 0.0759. The molecule has 2 aromatic heterocycles. The number of methoxy groups -OCH3 is 2. The van der Waals surface area contributed by atoms with E-state index in [1.165, 1.54) is 18.2 Å². The van der Waals surface area contributed by atoms with Crippen LogP contribution in [0.25, 0.3) is 11.2 Å². The Morgan fingerprint density at radius 2 is 1.61 bits per heavy atom. The van der Waals surface area contributed by atoms with Gasteiger partial charge in [0.15, 0.2) is 23.2 Å². The summed E-state index contributed by atoms with van der Waals surface area (Å²) in [7, 11) is 3.31. The van der Waals surface area contributed by atoms with E-state index >= 15 is 0 Å². The van der Waals surface area contributed by atoms with Gasteiger partial charge in [-0.1, -0.05) is 60.7 Å². The number of ether oxygens (including phenoxy) is 3. The number of benzene rings is 2. The van der Waals surface area contributed by atoms with E-state index in [0.717, 1.165) is 25.7 Å². The van der Waals surface area contributed by atoms with Crippen LogP contribution < -0.4 is 10.6 Å². The van der Waals surface area contributed by atoms with Crippen molar-refractivity contribution >= 4 is 17.0 Å². The van der Waals surface area contributed by atoms with Crippen molar-refractivity contribution in [2.24, 2.45) is 0 Å². The highest BCUT2D eigenvalue weighted by Gasteiger charge is 2.44. The number of anilines is 1. The Morgan fingerprint density at radius 1 is 0.932 bits per heavy atom. The van der Waals surface area contributed by atoms with Crippen molar-refractivity contribution in [1.82, 2.24) is 24.8 Å². The normalized spacial score (nSPS) is 25.6. The summed E-state index contributed by atoms with van der Waals surface area (Å²) >= 11 is 0. The number of aromatic nitrogens is 4. The van der Waals surface area contributed by atoms with Crippen molar-refractivity contribution in [2.75, 3.05) is 32.7 Å². The molecule has 0 amide bonds. The fourth-order valence-corrected chi connectivity index (χ4v) is 6.35. The van der Waals surface area contributed by atoms with Crippen LogP contribution in [0.4, 0.5) is 5.82 Å². The first-order valence-electron chi connectivity index (χ1n) is 15.4. The Bertz CT molecular complexity index is 1440. The van der Waals surface area contributed by atoms with E-state index in [-0.39, 0.29) is 12.5 Å². The Labute approximate surface area is 257 Å². The first-order chi connectivity index (χ1) is 21.6. The van der Waals surface area contributed by atoms with E-state index in [1.54, 1.807) is 18.0 Å². The smallest absolute Gasteiger partial charge is 0.168 e. The van der Waals surface area contributed by atoms with Gasteiger partial charge in [0, 0.05) is 32.7 Å². The fraction of sp³-hybridized carbons (Fsp3) is 0.485. The summed E-state index contributed by atoms with van der Waals surface area (Å²) < 4.78 is 18.5. The Kier molecular flexibility index (Phi) is 9.80. The number of imidazole rings is 1. The maximum Gasteiger partial charge on any atom is 0.168 e. The molecule has 4 N–H and O–H groups in total. The summed E-state index contributed by atoms with van der Waals surface area (Å²) in [6, 6.07) is 21.2. The van der Waals surface area contributed by atoms with Crippen LogP contribution in [0.2, 0.25) is 0 Å². The highest BCUT2D eigenvalue weighted by Crippen LogP contribution is 2.33. The molecule has 6 rings (SSSR count). The molecule has 4 aromatic rings. The average molecular weight is 603 g/mol. The van der Waals surface area contributed by atoms with Crippen molar-refractivity contribution in [2.45, 2.75) is 74.8 Å². The maximum absolute atomic E-state index is 10.9. The highest BCUT2D eigenvalue weighted by atomic mass is 16.6. The second-order valence-electron chi connectivity index (χ2n) is 11.7. The molecular weight excluding hydrogens is 560 g/mol. The third-order valence-electron chi connectivity index (χ3n) is 8.84. The summed E-state index contributed by atoms with van der Waals surface area (Å²) in [6.45, 7) is 1.21. The van der Waals surface area contributed by atoms with Crippen molar-refractivity contribution in [3.8, 4) is 0 Å². The first kappa shape index (κ1) is 30.6. The molecule has 2 fully saturated rings. The molecule has 1 saturated heterocycles. The summed E-state index contributed by atoms with van der Waals surface area (Å²) in [5.74, 6) is 1.28. The third kappa shape index (κ3) is 6.63. The Balaban J connectivity index is 1.30. The number of aliphatic hydroxyl groups is 2. The lowest BCUT2D eigenvalue weighted by Crippen LogP contribution is -2.35. The van der Waals surface area contributed by atoms with Gasteiger partial charge >= 0.3 is 0 Å². The molecule has 1 aliphatic carbocycles. The molecule has 11 nitrogen and oxygen atoms in total. The molecule has 11 heteroatoms. The van der Waals surface area contributed by atoms with Gasteiger partial charge in [-0.05, 0) is 36.8 Å². The number of aliphatic hydroxyl groups excluding tert-OH is 2. The van der Waals surface area contributed by atoms with Gasteiger partial charge in [-0.3, -0.25) is 4.57 Å². The van der Waals surface area contributed by atoms with E-state index in [2.05, 4.69) is 64.1 Å². The van der Waals surface area contributed by atoms with Gasteiger partial charge in [-0.25, -0.2) is 15.0 Å². The van der Waals surface area contributed by atoms with Gasteiger partial charge in [0.25, 0.3) is 0 Å². The van der Waals surface area contributed by atoms with Gasteiger partial charge in [0.05, 0.1) is 25.6 Å². The molecule has 2 aliphatic rings. The summed E-state index contributed by atoms with van der Waals surface area (Å²) in [5, 5.41) is 28.7. The maximum atomic E-state index is 10.9. The minimum Gasteiger partial charge on any atom is -0.387 e. The lowest BCUT2D eigenvalue weighted by molar-refractivity contribution is -0.0580. The van der Waals surface area contributed by atoms with Gasteiger partial charge in [0.2, 0.25) is 0 Å². The van der Waals surface area contributed by atoms with Crippen molar-refractivity contribution in [3.05, 3.63) is 83.9 Å². The third-order valence-corrected chi connectivity index (χ3v) is 8.84. The second-order valence-corrected chi connectivity index (χ2v) is 11.7. The number of rotatable bonds is 12. The predicted octanol–water partition coefficient (Wildman–Crippen LogP) is 3.38. The Hall–Kier alpha value is -3.45. The fourth-order valence-electron chi connectivity index (χ4n) is 6.35. The molecule has 4 atom stereocenters. The van der Waals surface area contributed by atoms with Gasteiger partial charge < -0.3 is 35.1 Å². The topological polar surface area (TPSA) is 136 Å². The van der Waals surface area contributed by atoms with Crippen LogP contribution in [0.1, 0.15) is 54.8 Å². The van der Waals surface area contributed by atoms with Crippen LogP contribution in [-0.2, 0) is 20.8 Å². The number of fused-ring (bicyclic) bond motifs is 1. The zero-order valence-electron chi connectivity index (χ0n) is 25.3. The molecule has 234 valence electrons. The molecule has 1 aliphatic heterocycles. The van der Waals surface area contributed by atoms with Crippen LogP contribution >= 0.6 is 0 Å². The van der Waals surface area contributed by atoms with E-state index in [4.69, 9.17) is 24.2 Å². The number of hydrogen-bond donors (Lipinski definition) is 4. The largest absolute Gasteiger partial charge is 0.387 e. The summed E-state index contributed by atoms with van der Waals surface area (Å²) in [6.07, 6.45) is 2.21. The SMILES string of the molecule is COCC1OC(n2cnc3c(NCC(c4ccccc4)c4ccccc4)nc(CNC4CCC(OC)CC4)nc32)[C@H](O)[C@@H]1O. The molecule has 2 unspecified atom stereocenters. The van der Waals surface area contributed by atoms with Crippen LogP contribution in [0.5, 0.6) is 0 Å². The number of nitrogens with zero attached hydrogens (tertiary/aromatic N) is 4. The van der Waals surface area contributed by atoms with E-state index in [0.29, 0.717) is 48.0 Å². The quantitative estimate of drug-likeness (QED) is 0.191. The molecule has 3 heterocycles. The van der Waals surface area contributed by atoms with Gasteiger partial charge in [-0.2, -0.15) is 0 Å². The predicted molar refractivity (Wildman–Crippen MR) is 166 cm³/mol. The first-order valence-corrected chi connectivity index (χ1v) is 15.4. The van der Waals surface area contributed by atoms with Gasteiger partial charge in [-0.15, -0.1) is 0 Å². The van der Waals surface area contributed by atoms with E-state index < -0.39 is 24.5 Å². The van der Waals surface area contributed by atoms with Crippen LogP contribution in [-0.4, -0.2) is 87.6 Å². The monoisotopic (exact) mass is 602 g/mol. The zero-order valence-corrected chi connectivity index (χ0v) is 25.3. The van der Waals surface area contributed by atoms with E-state index in [9.17, 15) is 10.2 Å². The second kappa shape index (κ2) is 14.1. The molecule has 1 saturated carbocycles. The molecule has 0 spiro atoms. The lowest BCUT2D eigenvalue weighted by Gasteiger charge is -2.28. The average Bonchev–Trinajstić information content (AvgIpc) is 3.61. The van der Waals surface area contributed by atoms with Crippen LogP contribution in [0, 0.1) is 0 Å². The summed E-state index contributed by atoms with van der Waals surface area (Å²) in [4.78, 5) is 14.5. The molecule has 0 radical (unpaired) electrons.